The Labute approximate surface area is 241 Å². The minimum atomic E-state index is -0.138. The van der Waals surface area contributed by atoms with E-state index in [1.54, 1.807) is 0 Å². The predicted octanol–water partition coefficient (Wildman–Crippen LogP) is 11.3. The molecule has 194 valence electrons. The predicted molar refractivity (Wildman–Crippen MR) is 175 cm³/mol. The standard InChI is InChI=1S/C41H30/c1-41(2)37-25-35(29-15-7-4-8-16-29)31-17-9-11-19-33(31)39(37)40-34-20-12-10-18-32(34)36(26-38(40)41)30-23-21-28(22-24-30)27-13-5-3-6-14-27/h3-26H,1-2H3. The molecule has 0 unspecified atom stereocenters. The summed E-state index contributed by atoms with van der Waals surface area (Å²) in [6, 6.07) is 53.4. The normalized spacial score (nSPS) is 13.3. The Balaban J connectivity index is 1.40. The van der Waals surface area contributed by atoms with Crippen LogP contribution in [0.15, 0.2) is 146 Å². The fourth-order valence-electron chi connectivity index (χ4n) is 6.99. The summed E-state index contributed by atoms with van der Waals surface area (Å²) in [6.45, 7) is 4.80. The molecule has 0 amide bonds. The molecule has 0 N–H and O–H groups in total. The van der Waals surface area contributed by atoms with E-state index in [0.29, 0.717) is 0 Å². The van der Waals surface area contributed by atoms with Crippen molar-refractivity contribution in [2.24, 2.45) is 0 Å². The molecule has 0 atom stereocenters. The van der Waals surface area contributed by atoms with Gasteiger partial charge in [-0.3, -0.25) is 0 Å². The first-order chi connectivity index (χ1) is 20.1. The molecule has 0 heterocycles. The summed E-state index contributed by atoms with van der Waals surface area (Å²) >= 11 is 0. The van der Waals surface area contributed by atoms with Crippen LogP contribution in [0.4, 0.5) is 0 Å². The zero-order chi connectivity index (χ0) is 27.6. The lowest BCUT2D eigenvalue weighted by molar-refractivity contribution is 0.661. The van der Waals surface area contributed by atoms with Gasteiger partial charge in [0.15, 0.2) is 0 Å². The van der Waals surface area contributed by atoms with Gasteiger partial charge in [0.2, 0.25) is 0 Å². The average molecular weight is 523 g/mol. The summed E-state index contributed by atoms with van der Waals surface area (Å²) in [5.74, 6) is 0. The molecule has 0 saturated heterocycles. The summed E-state index contributed by atoms with van der Waals surface area (Å²) in [4.78, 5) is 0. The van der Waals surface area contributed by atoms with Gasteiger partial charge < -0.3 is 0 Å². The topological polar surface area (TPSA) is 0 Å². The Hall–Kier alpha value is -4.94. The van der Waals surface area contributed by atoms with Crippen molar-refractivity contribution in [3.8, 4) is 44.5 Å². The van der Waals surface area contributed by atoms with Gasteiger partial charge in [-0.2, -0.15) is 0 Å². The number of fused-ring (bicyclic) bond motifs is 7. The fraction of sp³-hybridized carbons (Fsp3) is 0.0732. The minimum absolute atomic E-state index is 0.138. The van der Waals surface area contributed by atoms with Gasteiger partial charge in [0.25, 0.3) is 0 Å². The summed E-state index contributed by atoms with van der Waals surface area (Å²) in [7, 11) is 0. The maximum absolute atomic E-state index is 2.48. The highest BCUT2D eigenvalue weighted by Gasteiger charge is 2.39. The Morgan fingerprint density at radius 3 is 1.17 bits per heavy atom. The molecule has 0 aromatic heterocycles. The zero-order valence-electron chi connectivity index (χ0n) is 23.4. The van der Waals surface area contributed by atoms with Crippen LogP contribution in [0.3, 0.4) is 0 Å². The molecule has 1 aliphatic carbocycles. The highest BCUT2D eigenvalue weighted by molar-refractivity contribution is 6.16. The lowest BCUT2D eigenvalue weighted by atomic mass is 9.79. The van der Waals surface area contributed by atoms with Crippen LogP contribution in [-0.2, 0) is 5.41 Å². The molecule has 0 nitrogen and oxygen atoms in total. The Morgan fingerprint density at radius 2 is 0.683 bits per heavy atom. The molecule has 7 aromatic rings. The van der Waals surface area contributed by atoms with Crippen molar-refractivity contribution in [3.05, 3.63) is 157 Å². The molecule has 0 spiro atoms. The van der Waals surface area contributed by atoms with Gasteiger partial charge in [-0.25, -0.2) is 0 Å². The third kappa shape index (κ3) is 3.61. The van der Waals surface area contributed by atoms with Crippen molar-refractivity contribution < 1.29 is 0 Å². The highest BCUT2D eigenvalue weighted by Crippen LogP contribution is 2.56. The molecule has 0 aliphatic heterocycles. The van der Waals surface area contributed by atoms with E-state index in [1.807, 2.05) is 0 Å². The lowest BCUT2D eigenvalue weighted by Crippen LogP contribution is -2.15. The van der Waals surface area contributed by atoms with Crippen LogP contribution < -0.4 is 0 Å². The number of hydrogen-bond acceptors (Lipinski definition) is 0. The SMILES string of the molecule is CC1(C)c2cc(-c3ccccc3)c3ccccc3c2-c2c1cc(-c1ccc(-c3ccccc3)cc1)c1ccccc21. The molecule has 8 rings (SSSR count). The van der Waals surface area contributed by atoms with Crippen LogP contribution in [0.2, 0.25) is 0 Å². The Kier molecular flexibility index (Phi) is 5.27. The van der Waals surface area contributed by atoms with Gasteiger partial charge in [-0.15, -0.1) is 0 Å². The first kappa shape index (κ1) is 23.9. The van der Waals surface area contributed by atoms with E-state index in [4.69, 9.17) is 0 Å². The van der Waals surface area contributed by atoms with Gasteiger partial charge in [-0.1, -0.05) is 147 Å². The monoisotopic (exact) mass is 522 g/mol. The lowest BCUT2D eigenvalue weighted by Gasteiger charge is -2.24. The molecule has 0 bridgehead atoms. The first-order valence-electron chi connectivity index (χ1n) is 14.5. The zero-order valence-corrected chi connectivity index (χ0v) is 23.4. The second kappa shape index (κ2) is 9.04. The first-order valence-corrected chi connectivity index (χ1v) is 14.5. The fourth-order valence-corrected chi connectivity index (χ4v) is 6.99. The highest BCUT2D eigenvalue weighted by atomic mass is 14.4. The molecular weight excluding hydrogens is 492 g/mol. The van der Waals surface area contributed by atoms with Crippen LogP contribution in [0.1, 0.15) is 25.0 Å². The summed E-state index contributed by atoms with van der Waals surface area (Å²) in [5.41, 5.74) is 13.1. The van der Waals surface area contributed by atoms with E-state index in [-0.39, 0.29) is 5.41 Å². The van der Waals surface area contributed by atoms with Crippen molar-refractivity contribution in [2.45, 2.75) is 19.3 Å². The van der Waals surface area contributed by atoms with Crippen molar-refractivity contribution in [1.29, 1.82) is 0 Å². The number of benzene rings is 7. The van der Waals surface area contributed by atoms with Crippen molar-refractivity contribution in [3.63, 3.8) is 0 Å². The molecular formula is C41H30. The Bertz CT molecular complexity index is 2080. The van der Waals surface area contributed by atoms with E-state index < -0.39 is 0 Å². The van der Waals surface area contributed by atoms with E-state index in [9.17, 15) is 0 Å². The third-order valence-corrected chi connectivity index (χ3v) is 9.07. The Morgan fingerprint density at radius 1 is 0.341 bits per heavy atom. The smallest absolute Gasteiger partial charge is 0.0159 e. The molecule has 7 aromatic carbocycles. The van der Waals surface area contributed by atoms with Crippen molar-refractivity contribution in [2.75, 3.05) is 0 Å². The van der Waals surface area contributed by atoms with Gasteiger partial charge >= 0.3 is 0 Å². The summed E-state index contributed by atoms with van der Waals surface area (Å²) in [5, 5.41) is 5.28. The van der Waals surface area contributed by atoms with Gasteiger partial charge in [-0.05, 0) is 89.3 Å². The van der Waals surface area contributed by atoms with Crippen molar-refractivity contribution >= 4 is 21.5 Å². The molecule has 0 saturated carbocycles. The molecule has 0 heteroatoms. The minimum Gasteiger partial charge on any atom is -0.0622 e. The van der Waals surface area contributed by atoms with Crippen LogP contribution in [0.25, 0.3) is 66.1 Å². The largest absolute Gasteiger partial charge is 0.0622 e. The molecule has 41 heavy (non-hydrogen) atoms. The molecule has 0 radical (unpaired) electrons. The third-order valence-electron chi connectivity index (χ3n) is 9.07. The average Bonchev–Trinajstić information content (AvgIpc) is 3.27. The van der Waals surface area contributed by atoms with E-state index in [0.717, 1.165) is 0 Å². The number of rotatable bonds is 3. The van der Waals surface area contributed by atoms with E-state index in [1.165, 1.54) is 77.2 Å². The van der Waals surface area contributed by atoms with Crippen molar-refractivity contribution in [1.82, 2.24) is 0 Å². The van der Waals surface area contributed by atoms with Crippen LogP contribution in [-0.4, -0.2) is 0 Å². The van der Waals surface area contributed by atoms with Crippen LogP contribution in [0.5, 0.6) is 0 Å². The molecule has 0 fully saturated rings. The molecule has 1 aliphatic rings. The maximum Gasteiger partial charge on any atom is 0.0159 e. The summed E-state index contributed by atoms with van der Waals surface area (Å²) in [6.07, 6.45) is 0. The number of hydrogen-bond donors (Lipinski definition) is 0. The second-order valence-electron chi connectivity index (χ2n) is 11.7. The second-order valence-corrected chi connectivity index (χ2v) is 11.7. The van der Waals surface area contributed by atoms with Crippen LogP contribution in [0, 0.1) is 0 Å². The van der Waals surface area contributed by atoms with E-state index in [2.05, 4.69) is 159 Å². The van der Waals surface area contributed by atoms with E-state index >= 15 is 0 Å². The summed E-state index contributed by atoms with van der Waals surface area (Å²) < 4.78 is 0. The van der Waals surface area contributed by atoms with Crippen LogP contribution >= 0.6 is 0 Å². The van der Waals surface area contributed by atoms with Gasteiger partial charge in [0.05, 0.1) is 0 Å². The maximum atomic E-state index is 2.48. The quantitative estimate of drug-likeness (QED) is 0.216. The van der Waals surface area contributed by atoms with Gasteiger partial charge in [0.1, 0.15) is 0 Å². The van der Waals surface area contributed by atoms with Gasteiger partial charge in [0, 0.05) is 5.41 Å².